The van der Waals surface area contributed by atoms with Gasteiger partial charge in [0.05, 0.1) is 11.3 Å². The highest BCUT2D eigenvalue weighted by Gasteiger charge is 2.21. The predicted molar refractivity (Wildman–Crippen MR) is 178 cm³/mol. The first-order chi connectivity index (χ1) is 21.6. The summed E-state index contributed by atoms with van der Waals surface area (Å²) in [6.45, 7) is 6.70. The summed E-state index contributed by atoms with van der Waals surface area (Å²) in [7, 11) is 0. The summed E-state index contributed by atoms with van der Waals surface area (Å²) in [5, 5.41) is 13.0. The number of nitrogens with one attached hydrogen (secondary N) is 2. The van der Waals surface area contributed by atoms with Gasteiger partial charge in [-0.3, -0.25) is 14.8 Å². The number of alkyl carbamates (subject to hydrolysis) is 1. The van der Waals surface area contributed by atoms with Crippen molar-refractivity contribution >= 4 is 40.0 Å². The molecule has 0 bridgehead atoms. The normalized spacial score (nSPS) is 11.4. The number of nitrogens with zero attached hydrogens (tertiary/aromatic N) is 1. The van der Waals surface area contributed by atoms with E-state index >= 15 is 0 Å². The maximum absolute atomic E-state index is 13.9. The van der Waals surface area contributed by atoms with Crippen LogP contribution in [0.4, 0.5) is 4.79 Å². The van der Waals surface area contributed by atoms with Crippen LogP contribution >= 0.6 is 11.3 Å². The fourth-order valence-corrected chi connectivity index (χ4v) is 6.39. The minimum atomic E-state index is -0.546. The summed E-state index contributed by atoms with van der Waals surface area (Å²) >= 11 is 1.34. The number of unbranched alkanes of at least 4 members (excludes halogenated alkanes) is 1. The molecule has 232 valence electrons. The second kappa shape index (κ2) is 13.9. The average molecular weight is 624 g/mol. The van der Waals surface area contributed by atoms with Crippen molar-refractivity contribution < 1.29 is 24.3 Å². The number of hydrogen-bond acceptors (Lipinski definition) is 6. The maximum Gasteiger partial charge on any atom is 0.407 e. The van der Waals surface area contributed by atoms with E-state index in [-0.39, 0.29) is 12.2 Å². The van der Waals surface area contributed by atoms with Gasteiger partial charge >= 0.3 is 6.09 Å². The summed E-state index contributed by atoms with van der Waals surface area (Å²) in [6, 6.07) is 29.4. The maximum atomic E-state index is 13.9. The molecule has 0 saturated carbocycles. The Labute approximate surface area is 266 Å². The van der Waals surface area contributed by atoms with Gasteiger partial charge in [-0.2, -0.15) is 0 Å². The topological polar surface area (TPSA) is 110 Å². The number of hydroxylamine groups is 1. The molecule has 3 aromatic carbocycles. The van der Waals surface area contributed by atoms with Crippen molar-refractivity contribution in [2.45, 2.75) is 52.2 Å². The fraction of sp³-hybridized carbons (Fsp3) is 0.250. The quantitative estimate of drug-likeness (QED) is 0.0607. The number of amides is 2. The highest BCUT2D eigenvalue weighted by molar-refractivity contribution is 7.17. The largest absolute Gasteiger partial charge is 0.444 e. The molecule has 0 aliphatic heterocycles. The number of carbonyl (C=O) groups excluding carboxylic acids is 3. The molecule has 0 radical (unpaired) electrons. The highest BCUT2D eigenvalue weighted by atomic mass is 32.1. The Morgan fingerprint density at radius 1 is 0.867 bits per heavy atom. The van der Waals surface area contributed by atoms with Crippen LogP contribution in [0.1, 0.15) is 54.4 Å². The number of aryl methyl sites for hydroxylation is 1. The van der Waals surface area contributed by atoms with Gasteiger partial charge in [-0.15, -0.1) is 11.3 Å². The Balaban J connectivity index is 1.43. The molecule has 0 atom stereocenters. The van der Waals surface area contributed by atoms with Crippen LogP contribution in [-0.4, -0.2) is 39.7 Å². The molecule has 2 amide bonds. The van der Waals surface area contributed by atoms with E-state index in [1.165, 1.54) is 11.3 Å². The molecule has 0 fully saturated rings. The van der Waals surface area contributed by atoms with Gasteiger partial charge in [0.2, 0.25) is 11.7 Å². The van der Waals surface area contributed by atoms with Crippen molar-refractivity contribution in [2.24, 2.45) is 0 Å². The van der Waals surface area contributed by atoms with Crippen molar-refractivity contribution in [3.8, 4) is 21.7 Å². The van der Waals surface area contributed by atoms with Gasteiger partial charge in [-0.25, -0.2) is 10.3 Å². The first-order valence-corrected chi connectivity index (χ1v) is 15.8. The Hall–Kier alpha value is -4.73. The molecule has 45 heavy (non-hydrogen) atoms. The Morgan fingerprint density at radius 2 is 1.56 bits per heavy atom. The molecule has 0 unspecified atom stereocenters. The summed E-state index contributed by atoms with van der Waals surface area (Å²) < 4.78 is 7.57. The zero-order valence-corrected chi connectivity index (χ0v) is 26.4. The first kappa shape index (κ1) is 31.7. The van der Waals surface area contributed by atoms with E-state index in [2.05, 4.69) is 28.1 Å². The zero-order chi connectivity index (χ0) is 32.0. The van der Waals surface area contributed by atoms with Gasteiger partial charge in [0, 0.05) is 40.1 Å². The smallest absolute Gasteiger partial charge is 0.407 e. The molecule has 0 saturated heterocycles. The molecule has 0 aliphatic rings. The molecule has 5 rings (SSSR count). The molecule has 8 nitrogen and oxygen atoms in total. The van der Waals surface area contributed by atoms with Crippen LogP contribution in [0.15, 0.2) is 91.0 Å². The standard InChI is InChI=1S/C36H37N3O5S/c1-36(2,3)44-35(42)37-18-10-11-19-39-29(24-12-6-4-7-13-24)20-26-16-17-27(21-30(26)39)33(41)31-22-28(23-32(40)38-43)34(45-31)25-14-8-5-9-15-25/h4-9,12-17,20-22,43H,10-11,18-19,23H2,1-3H3,(H,37,42)(H,38,40). The molecule has 0 spiro atoms. The van der Waals surface area contributed by atoms with Gasteiger partial charge in [0.15, 0.2) is 0 Å². The number of fused-ring (bicyclic) bond motifs is 1. The van der Waals surface area contributed by atoms with Crippen molar-refractivity contribution in [1.82, 2.24) is 15.4 Å². The van der Waals surface area contributed by atoms with Gasteiger partial charge in [0.1, 0.15) is 5.60 Å². The summed E-state index contributed by atoms with van der Waals surface area (Å²) in [6.07, 6.45) is 1.09. The second-order valence-electron chi connectivity index (χ2n) is 11.8. The Bertz CT molecular complexity index is 1800. The Kier molecular flexibility index (Phi) is 9.80. The summed E-state index contributed by atoms with van der Waals surface area (Å²) in [5.41, 5.74) is 6.35. The van der Waals surface area contributed by atoms with Crippen LogP contribution in [0.5, 0.6) is 0 Å². The zero-order valence-electron chi connectivity index (χ0n) is 25.6. The summed E-state index contributed by atoms with van der Waals surface area (Å²) in [4.78, 5) is 39.3. The third-order valence-electron chi connectivity index (χ3n) is 7.26. The van der Waals surface area contributed by atoms with Crippen LogP contribution in [0, 0.1) is 0 Å². The minimum Gasteiger partial charge on any atom is -0.444 e. The third-order valence-corrected chi connectivity index (χ3v) is 8.48. The first-order valence-electron chi connectivity index (χ1n) is 14.9. The van der Waals surface area contributed by atoms with E-state index in [9.17, 15) is 14.4 Å². The van der Waals surface area contributed by atoms with Crippen LogP contribution in [0.3, 0.4) is 0 Å². The average Bonchev–Trinajstić information content (AvgIpc) is 3.61. The van der Waals surface area contributed by atoms with Crippen molar-refractivity contribution in [3.63, 3.8) is 0 Å². The van der Waals surface area contributed by atoms with Crippen LogP contribution < -0.4 is 10.8 Å². The van der Waals surface area contributed by atoms with E-state index in [1.807, 2.05) is 87.5 Å². The van der Waals surface area contributed by atoms with E-state index in [0.29, 0.717) is 29.1 Å². The number of carbonyl (C=O) groups is 3. The molecular formula is C36H37N3O5S. The molecule has 5 aromatic rings. The lowest BCUT2D eigenvalue weighted by atomic mass is 10.0. The van der Waals surface area contributed by atoms with E-state index in [1.54, 1.807) is 11.5 Å². The van der Waals surface area contributed by atoms with Crippen molar-refractivity contribution in [3.05, 3.63) is 107 Å². The number of ketones is 1. The van der Waals surface area contributed by atoms with Crippen LogP contribution in [0.25, 0.3) is 32.6 Å². The van der Waals surface area contributed by atoms with Crippen molar-refractivity contribution in [2.75, 3.05) is 6.54 Å². The predicted octanol–water partition coefficient (Wildman–Crippen LogP) is 7.62. The highest BCUT2D eigenvalue weighted by Crippen LogP contribution is 2.35. The van der Waals surface area contributed by atoms with Gasteiger partial charge < -0.3 is 14.6 Å². The van der Waals surface area contributed by atoms with Crippen LogP contribution in [0.2, 0.25) is 0 Å². The molecule has 9 heteroatoms. The minimum absolute atomic E-state index is 0.0460. The molecule has 0 aliphatic carbocycles. The Morgan fingerprint density at radius 3 is 2.22 bits per heavy atom. The molecule has 2 heterocycles. The molecular weight excluding hydrogens is 586 g/mol. The van der Waals surface area contributed by atoms with Crippen molar-refractivity contribution in [1.29, 1.82) is 0 Å². The second-order valence-corrected chi connectivity index (χ2v) is 12.9. The molecule has 2 aromatic heterocycles. The summed E-state index contributed by atoms with van der Waals surface area (Å²) in [5.74, 6) is -0.678. The lowest BCUT2D eigenvalue weighted by Gasteiger charge is -2.19. The number of ether oxygens (including phenoxy) is 1. The van der Waals surface area contributed by atoms with Gasteiger partial charge in [0.25, 0.3) is 0 Å². The van der Waals surface area contributed by atoms with E-state index in [0.717, 1.165) is 45.4 Å². The monoisotopic (exact) mass is 623 g/mol. The number of thiophene rings is 1. The van der Waals surface area contributed by atoms with E-state index < -0.39 is 17.6 Å². The lowest BCUT2D eigenvalue weighted by molar-refractivity contribution is -0.128. The lowest BCUT2D eigenvalue weighted by Crippen LogP contribution is -2.33. The number of rotatable bonds is 11. The number of aromatic nitrogens is 1. The third kappa shape index (κ3) is 7.87. The van der Waals surface area contributed by atoms with Crippen LogP contribution in [-0.2, 0) is 22.5 Å². The van der Waals surface area contributed by atoms with Gasteiger partial charge in [-0.1, -0.05) is 72.8 Å². The number of benzene rings is 3. The number of hydrogen-bond donors (Lipinski definition) is 3. The van der Waals surface area contributed by atoms with E-state index in [4.69, 9.17) is 9.94 Å². The SMILES string of the molecule is CC(C)(C)OC(=O)NCCCCn1c(-c2ccccc2)cc2ccc(C(=O)c3cc(CC(=O)NO)c(-c4ccccc4)s3)cc21. The van der Waals surface area contributed by atoms with Gasteiger partial charge in [-0.05, 0) is 68.5 Å². The molecule has 3 N–H and O–H groups in total. The fourth-order valence-electron chi connectivity index (χ4n) is 5.24.